The molecule has 2 unspecified atom stereocenters. The molecule has 3 rings (SSSR count). The Morgan fingerprint density at radius 2 is 2.00 bits per heavy atom. The number of piperazine rings is 1. The van der Waals surface area contributed by atoms with Gasteiger partial charge in [0.2, 0.25) is 0 Å². The number of fused-ring (bicyclic) bond motifs is 1. The average Bonchev–Trinajstić information content (AvgIpc) is 2.65. The highest BCUT2D eigenvalue weighted by Crippen LogP contribution is 2.43. The summed E-state index contributed by atoms with van der Waals surface area (Å²) >= 11 is 0. The van der Waals surface area contributed by atoms with Gasteiger partial charge in [-0.3, -0.25) is 0 Å². The van der Waals surface area contributed by atoms with Gasteiger partial charge in [0.05, 0.1) is 0 Å². The van der Waals surface area contributed by atoms with Gasteiger partial charge in [0.15, 0.2) is 11.5 Å². The zero-order chi connectivity index (χ0) is 13.6. The van der Waals surface area contributed by atoms with Gasteiger partial charge >= 0.3 is 6.29 Å². The SMILES string of the molecule is CC1CN(c2ccc3c(c2)OC(F)(F)O3)C(C)CN1. The second kappa shape index (κ2) is 4.23. The van der Waals surface area contributed by atoms with E-state index in [1.807, 2.05) is 0 Å². The Morgan fingerprint density at radius 3 is 2.79 bits per heavy atom. The van der Waals surface area contributed by atoms with E-state index in [9.17, 15) is 8.78 Å². The van der Waals surface area contributed by atoms with E-state index >= 15 is 0 Å². The van der Waals surface area contributed by atoms with Gasteiger partial charge in [-0.1, -0.05) is 0 Å². The molecule has 1 N–H and O–H groups in total. The Hall–Kier alpha value is -1.56. The summed E-state index contributed by atoms with van der Waals surface area (Å²) < 4.78 is 34.9. The lowest BCUT2D eigenvalue weighted by Gasteiger charge is -2.39. The maximum absolute atomic E-state index is 13.0. The number of anilines is 1. The third kappa shape index (κ3) is 2.32. The monoisotopic (exact) mass is 270 g/mol. The number of ether oxygens (including phenoxy) is 2. The third-order valence-electron chi connectivity index (χ3n) is 3.48. The molecular weight excluding hydrogens is 254 g/mol. The normalized spacial score (nSPS) is 28.5. The number of halogens is 2. The lowest BCUT2D eigenvalue weighted by atomic mass is 10.1. The summed E-state index contributed by atoms with van der Waals surface area (Å²) in [5.74, 6) is 0.186. The molecule has 2 aliphatic heterocycles. The second-order valence-corrected chi connectivity index (χ2v) is 5.11. The lowest BCUT2D eigenvalue weighted by molar-refractivity contribution is -0.286. The van der Waals surface area contributed by atoms with Gasteiger partial charge in [0.25, 0.3) is 0 Å². The highest BCUT2D eigenvalue weighted by molar-refractivity contribution is 5.58. The minimum absolute atomic E-state index is 0.0876. The summed E-state index contributed by atoms with van der Waals surface area (Å²) in [5.41, 5.74) is 0.876. The van der Waals surface area contributed by atoms with Crippen molar-refractivity contribution in [2.24, 2.45) is 0 Å². The third-order valence-corrected chi connectivity index (χ3v) is 3.48. The summed E-state index contributed by atoms with van der Waals surface area (Å²) in [5, 5.41) is 3.38. The zero-order valence-corrected chi connectivity index (χ0v) is 10.8. The molecule has 2 atom stereocenters. The summed E-state index contributed by atoms with van der Waals surface area (Å²) in [4.78, 5) is 2.18. The number of alkyl halides is 2. The van der Waals surface area contributed by atoms with Crippen molar-refractivity contribution in [1.29, 1.82) is 0 Å². The molecule has 1 saturated heterocycles. The van der Waals surface area contributed by atoms with E-state index in [4.69, 9.17) is 0 Å². The van der Waals surface area contributed by atoms with Crippen LogP contribution in [0.15, 0.2) is 18.2 Å². The van der Waals surface area contributed by atoms with Crippen LogP contribution in [0.2, 0.25) is 0 Å². The van der Waals surface area contributed by atoms with Crippen molar-refractivity contribution < 1.29 is 18.3 Å². The molecule has 6 heteroatoms. The molecule has 2 aliphatic rings. The molecule has 0 spiro atoms. The van der Waals surface area contributed by atoms with E-state index in [0.717, 1.165) is 18.8 Å². The van der Waals surface area contributed by atoms with Crippen molar-refractivity contribution in [3.63, 3.8) is 0 Å². The summed E-state index contributed by atoms with van der Waals surface area (Å²) in [6, 6.07) is 5.61. The molecule has 0 aromatic heterocycles. The van der Waals surface area contributed by atoms with E-state index in [2.05, 4.69) is 33.5 Å². The van der Waals surface area contributed by atoms with Crippen molar-refractivity contribution in [2.75, 3.05) is 18.0 Å². The minimum Gasteiger partial charge on any atom is -0.395 e. The lowest BCUT2D eigenvalue weighted by Crippen LogP contribution is -2.54. The number of hydrogen-bond acceptors (Lipinski definition) is 4. The Kier molecular flexibility index (Phi) is 2.78. The smallest absolute Gasteiger partial charge is 0.395 e. The van der Waals surface area contributed by atoms with E-state index in [1.54, 1.807) is 12.1 Å². The summed E-state index contributed by atoms with van der Waals surface area (Å²) in [6.07, 6.45) is -3.55. The number of rotatable bonds is 1. The van der Waals surface area contributed by atoms with Crippen molar-refractivity contribution in [3.05, 3.63) is 18.2 Å². The first-order valence-electron chi connectivity index (χ1n) is 6.34. The fourth-order valence-corrected chi connectivity index (χ4v) is 2.50. The Labute approximate surface area is 110 Å². The van der Waals surface area contributed by atoms with Gasteiger partial charge in [0.1, 0.15) is 0 Å². The standard InChI is InChI=1S/C13H16F2N2O2/c1-8-7-17(9(2)6-16-8)10-3-4-11-12(5-10)19-13(14,15)18-11/h3-5,8-9,16H,6-7H2,1-2H3. The molecule has 0 bridgehead atoms. The summed E-state index contributed by atoms with van der Waals surface area (Å²) in [7, 11) is 0. The molecular formula is C13H16F2N2O2. The maximum atomic E-state index is 13.0. The van der Waals surface area contributed by atoms with Gasteiger partial charge < -0.3 is 19.7 Å². The van der Waals surface area contributed by atoms with Gasteiger partial charge in [-0.05, 0) is 26.0 Å². The van der Waals surface area contributed by atoms with Crippen LogP contribution in [0, 0.1) is 0 Å². The molecule has 19 heavy (non-hydrogen) atoms. The van der Waals surface area contributed by atoms with E-state index < -0.39 is 6.29 Å². The molecule has 2 heterocycles. The van der Waals surface area contributed by atoms with Crippen LogP contribution in [0.4, 0.5) is 14.5 Å². The number of benzene rings is 1. The molecule has 1 aromatic rings. The topological polar surface area (TPSA) is 33.7 Å². The highest BCUT2D eigenvalue weighted by Gasteiger charge is 2.43. The molecule has 0 saturated carbocycles. The number of nitrogens with one attached hydrogen (secondary N) is 1. The first-order chi connectivity index (χ1) is 8.94. The number of hydrogen-bond donors (Lipinski definition) is 1. The first kappa shape index (κ1) is 12.5. The molecule has 1 aromatic carbocycles. The largest absolute Gasteiger partial charge is 0.586 e. The molecule has 104 valence electrons. The van der Waals surface area contributed by atoms with Gasteiger partial charge in [-0.2, -0.15) is 0 Å². The van der Waals surface area contributed by atoms with Gasteiger partial charge in [0, 0.05) is 36.9 Å². The quantitative estimate of drug-likeness (QED) is 0.848. The van der Waals surface area contributed by atoms with E-state index in [1.165, 1.54) is 6.07 Å². The van der Waals surface area contributed by atoms with Crippen LogP contribution in [-0.2, 0) is 0 Å². The zero-order valence-electron chi connectivity index (χ0n) is 10.8. The van der Waals surface area contributed by atoms with Crippen molar-refractivity contribution in [1.82, 2.24) is 5.32 Å². The van der Waals surface area contributed by atoms with Crippen molar-refractivity contribution in [2.45, 2.75) is 32.2 Å². The fraction of sp³-hybridized carbons (Fsp3) is 0.538. The maximum Gasteiger partial charge on any atom is 0.586 e. The van der Waals surface area contributed by atoms with Crippen LogP contribution >= 0.6 is 0 Å². The second-order valence-electron chi connectivity index (χ2n) is 5.11. The Balaban J connectivity index is 1.87. The van der Waals surface area contributed by atoms with Crippen molar-refractivity contribution in [3.8, 4) is 11.5 Å². The molecule has 0 radical (unpaired) electrons. The Morgan fingerprint density at radius 1 is 1.26 bits per heavy atom. The average molecular weight is 270 g/mol. The van der Waals surface area contributed by atoms with Crippen LogP contribution in [0.1, 0.15) is 13.8 Å². The van der Waals surface area contributed by atoms with E-state index in [0.29, 0.717) is 12.1 Å². The highest BCUT2D eigenvalue weighted by atomic mass is 19.3. The predicted molar refractivity (Wildman–Crippen MR) is 66.9 cm³/mol. The van der Waals surface area contributed by atoms with Gasteiger partial charge in [-0.15, -0.1) is 8.78 Å². The van der Waals surface area contributed by atoms with Crippen molar-refractivity contribution >= 4 is 5.69 Å². The molecule has 0 amide bonds. The summed E-state index contributed by atoms with van der Waals surface area (Å²) in [6.45, 7) is 5.89. The van der Waals surface area contributed by atoms with Crippen LogP contribution in [0.5, 0.6) is 11.5 Å². The van der Waals surface area contributed by atoms with Crippen LogP contribution in [-0.4, -0.2) is 31.5 Å². The minimum atomic E-state index is -3.55. The molecule has 4 nitrogen and oxygen atoms in total. The van der Waals surface area contributed by atoms with Crippen LogP contribution < -0.4 is 19.7 Å². The fourth-order valence-electron chi connectivity index (χ4n) is 2.50. The van der Waals surface area contributed by atoms with Gasteiger partial charge in [-0.25, -0.2) is 0 Å². The molecule has 1 fully saturated rings. The van der Waals surface area contributed by atoms with Crippen LogP contribution in [0.3, 0.4) is 0 Å². The molecule has 0 aliphatic carbocycles. The van der Waals surface area contributed by atoms with Crippen LogP contribution in [0.25, 0.3) is 0 Å². The Bertz CT molecular complexity index is 496. The first-order valence-corrected chi connectivity index (χ1v) is 6.34. The van der Waals surface area contributed by atoms with E-state index in [-0.39, 0.29) is 11.5 Å². The number of nitrogens with zero attached hydrogens (tertiary/aromatic N) is 1. The predicted octanol–water partition coefficient (Wildman–Crippen LogP) is 2.19.